The molecule has 0 atom stereocenters. The first kappa shape index (κ1) is 23.0. The molecular weight excluding hydrogens is 462 g/mol. The number of fused-ring (bicyclic) bond motifs is 1. The number of carbonyl (C=O) groups is 1. The summed E-state index contributed by atoms with van der Waals surface area (Å²) in [6.07, 6.45) is 2.70. The average Bonchev–Trinajstić information content (AvgIpc) is 2.85. The van der Waals surface area contributed by atoms with Gasteiger partial charge in [-0.2, -0.15) is 0 Å². The number of anilines is 1. The molecule has 0 saturated heterocycles. The van der Waals surface area contributed by atoms with E-state index < -0.39 is 23.7 Å². The van der Waals surface area contributed by atoms with Gasteiger partial charge in [0.25, 0.3) is 5.56 Å². The maximum absolute atomic E-state index is 13.3. The van der Waals surface area contributed by atoms with Crippen LogP contribution in [0.4, 0.5) is 5.69 Å². The zero-order valence-electron chi connectivity index (χ0n) is 18.3. The fourth-order valence-corrected chi connectivity index (χ4v) is 3.64. The van der Waals surface area contributed by atoms with Gasteiger partial charge >= 0.3 is 5.69 Å². The molecule has 0 aliphatic rings. The number of aromatic nitrogens is 4. The monoisotopic (exact) mass is 481 g/mol. The molecule has 174 valence electrons. The number of carbonyl (C=O) groups excluding carboxylic acids is 1. The minimum atomic E-state index is -0.713. The van der Waals surface area contributed by atoms with Crippen LogP contribution in [0.2, 0.25) is 5.02 Å². The van der Waals surface area contributed by atoms with Crippen LogP contribution in [0.5, 0.6) is 11.5 Å². The summed E-state index contributed by atoms with van der Waals surface area (Å²) in [5.41, 5.74) is -0.406. The molecule has 4 aromatic rings. The maximum atomic E-state index is 13.3. The summed E-state index contributed by atoms with van der Waals surface area (Å²) in [5, 5.41) is 3.12. The van der Waals surface area contributed by atoms with Gasteiger partial charge in [0, 0.05) is 23.5 Å². The van der Waals surface area contributed by atoms with Crippen molar-refractivity contribution in [2.75, 3.05) is 19.5 Å². The third-order valence-corrected chi connectivity index (χ3v) is 5.48. The normalized spacial score (nSPS) is 10.8. The summed E-state index contributed by atoms with van der Waals surface area (Å²) in [6.45, 7) is -0.496. The second kappa shape index (κ2) is 9.75. The highest BCUT2D eigenvalue weighted by Crippen LogP contribution is 2.29. The van der Waals surface area contributed by atoms with Gasteiger partial charge in [-0.25, -0.2) is 14.8 Å². The van der Waals surface area contributed by atoms with E-state index in [-0.39, 0.29) is 17.7 Å². The van der Waals surface area contributed by atoms with Crippen LogP contribution in [-0.4, -0.2) is 39.2 Å². The van der Waals surface area contributed by atoms with Crippen molar-refractivity contribution < 1.29 is 14.3 Å². The minimum Gasteiger partial charge on any atom is -0.497 e. The maximum Gasteiger partial charge on any atom is 0.333 e. The van der Waals surface area contributed by atoms with E-state index >= 15 is 0 Å². The van der Waals surface area contributed by atoms with E-state index in [9.17, 15) is 14.4 Å². The van der Waals surface area contributed by atoms with Crippen LogP contribution in [-0.2, 0) is 17.9 Å². The van der Waals surface area contributed by atoms with Gasteiger partial charge < -0.3 is 14.8 Å². The van der Waals surface area contributed by atoms with Crippen molar-refractivity contribution in [3.05, 3.63) is 86.3 Å². The Morgan fingerprint density at radius 3 is 2.53 bits per heavy atom. The van der Waals surface area contributed by atoms with Crippen molar-refractivity contribution in [3.63, 3.8) is 0 Å². The first-order valence-corrected chi connectivity index (χ1v) is 10.5. The zero-order chi connectivity index (χ0) is 24.2. The summed E-state index contributed by atoms with van der Waals surface area (Å²) in [6, 6.07) is 11.8. The predicted molar refractivity (Wildman–Crippen MR) is 127 cm³/mol. The van der Waals surface area contributed by atoms with Gasteiger partial charge in [-0.05, 0) is 23.8 Å². The molecular formula is C23H20ClN5O5. The van der Waals surface area contributed by atoms with Gasteiger partial charge in [-0.3, -0.25) is 18.7 Å². The molecule has 2 heterocycles. The number of halogens is 1. The first-order valence-electron chi connectivity index (χ1n) is 10.1. The van der Waals surface area contributed by atoms with E-state index in [1.54, 1.807) is 42.5 Å². The molecule has 0 bridgehead atoms. The Morgan fingerprint density at radius 2 is 1.79 bits per heavy atom. The Morgan fingerprint density at radius 1 is 1.03 bits per heavy atom. The standard InChI is InChI=1S/C23H20ClN5O5/c1-33-15-7-8-17(18(11-15)34-2)27-19(30)13-28-21-20(25-9-10-26-21)22(31)29(23(28)32)12-14-5-3-4-6-16(14)24/h3-11H,12-13H2,1-2H3,(H,27,30). The van der Waals surface area contributed by atoms with Crippen LogP contribution in [0.15, 0.2) is 64.4 Å². The lowest BCUT2D eigenvalue weighted by atomic mass is 10.2. The van der Waals surface area contributed by atoms with Crippen LogP contribution in [0, 0.1) is 0 Å². The molecule has 2 aromatic carbocycles. The SMILES string of the molecule is COc1ccc(NC(=O)Cn2c(=O)n(Cc3ccccc3Cl)c(=O)c3nccnc32)c(OC)c1. The summed E-state index contributed by atoms with van der Waals surface area (Å²) in [5.74, 6) is 0.410. The van der Waals surface area contributed by atoms with E-state index in [0.29, 0.717) is 27.8 Å². The van der Waals surface area contributed by atoms with E-state index in [1.807, 2.05) is 0 Å². The lowest BCUT2D eigenvalue weighted by molar-refractivity contribution is -0.116. The highest BCUT2D eigenvalue weighted by atomic mass is 35.5. The second-order valence-corrected chi connectivity index (χ2v) is 7.60. The Bertz CT molecular complexity index is 1500. The topological polar surface area (TPSA) is 117 Å². The largest absolute Gasteiger partial charge is 0.497 e. The van der Waals surface area contributed by atoms with E-state index in [4.69, 9.17) is 21.1 Å². The summed E-state index contributed by atoms with van der Waals surface area (Å²) < 4.78 is 12.6. The molecule has 0 unspecified atom stereocenters. The molecule has 10 nitrogen and oxygen atoms in total. The number of nitrogens with zero attached hydrogens (tertiary/aromatic N) is 4. The Hall–Kier alpha value is -4.18. The molecule has 2 aromatic heterocycles. The van der Waals surface area contributed by atoms with Crippen molar-refractivity contribution in [1.29, 1.82) is 0 Å². The number of amides is 1. The Kier molecular flexibility index (Phi) is 6.60. The van der Waals surface area contributed by atoms with Gasteiger partial charge in [-0.1, -0.05) is 29.8 Å². The van der Waals surface area contributed by atoms with Crippen molar-refractivity contribution >= 4 is 34.4 Å². The number of methoxy groups -OCH3 is 2. The van der Waals surface area contributed by atoms with Crippen LogP contribution in [0.1, 0.15) is 5.56 Å². The smallest absolute Gasteiger partial charge is 0.333 e. The third kappa shape index (κ3) is 4.48. The van der Waals surface area contributed by atoms with Gasteiger partial charge in [0.2, 0.25) is 5.91 Å². The van der Waals surface area contributed by atoms with Crippen LogP contribution in [0.3, 0.4) is 0 Å². The fraction of sp³-hybridized carbons (Fsp3) is 0.174. The molecule has 0 aliphatic heterocycles. The van der Waals surface area contributed by atoms with Crippen LogP contribution in [0.25, 0.3) is 11.2 Å². The number of nitrogens with one attached hydrogen (secondary N) is 1. The van der Waals surface area contributed by atoms with Gasteiger partial charge in [0.05, 0.1) is 26.5 Å². The van der Waals surface area contributed by atoms with Gasteiger partial charge in [0.15, 0.2) is 11.2 Å². The fourth-order valence-electron chi connectivity index (χ4n) is 3.44. The van der Waals surface area contributed by atoms with Crippen LogP contribution < -0.4 is 26.0 Å². The number of rotatable bonds is 7. The highest BCUT2D eigenvalue weighted by Gasteiger charge is 2.19. The third-order valence-electron chi connectivity index (χ3n) is 5.11. The van der Waals surface area contributed by atoms with Crippen molar-refractivity contribution in [3.8, 4) is 11.5 Å². The number of hydrogen-bond acceptors (Lipinski definition) is 7. The van der Waals surface area contributed by atoms with Gasteiger partial charge in [-0.15, -0.1) is 0 Å². The van der Waals surface area contributed by atoms with E-state index in [1.165, 1.54) is 26.6 Å². The quantitative estimate of drug-likeness (QED) is 0.430. The number of benzene rings is 2. The molecule has 4 rings (SSSR count). The second-order valence-electron chi connectivity index (χ2n) is 7.19. The van der Waals surface area contributed by atoms with E-state index in [2.05, 4.69) is 15.3 Å². The highest BCUT2D eigenvalue weighted by molar-refractivity contribution is 6.31. The Labute approximate surface area is 198 Å². The molecule has 34 heavy (non-hydrogen) atoms. The van der Waals surface area contributed by atoms with Gasteiger partial charge in [0.1, 0.15) is 18.0 Å². The van der Waals surface area contributed by atoms with Crippen molar-refractivity contribution in [1.82, 2.24) is 19.1 Å². The van der Waals surface area contributed by atoms with Crippen molar-refractivity contribution in [2.24, 2.45) is 0 Å². The average molecular weight is 482 g/mol. The molecule has 0 saturated carbocycles. The molecule has 0 fully saturated rings. The summed E-state index contributed by atoms with van der Waals surface area (Å²) >= 11 is 6.22. The molecule has 0 radical (unpaired) electrons. The predicted octanol–water partition coefficient (Wildman–Crippen LogP) is 2.31. The molecule has 0 aliphatic carbocycles. The molecule has 0 spiro atoms. The Balaban J connectivity index is 1.74. The molecule has 1 amide bonds. The first-order chi connectivity index (χ1) is 16.4. The van der Waals surface area contributed by atoms with E-state index in [0.717, 1.165) is 9.13 Å². The minimum absolute atomic E-state index is 0.00440. The summed E-state index contributed by atoms with van der Waals surface area (Å²) in [4.78, 5) is 47.4. The number of ether oxygens (including phenoxy) is 2. The lowest BCUT2D eigenvalue weighted by Gasteiger charge is -2.15. The molecule has 1 N–H and O–H groups in total. The lowest BCUT2D eigenvalue weighted by Crippen LogP contribution is -2.42. The van der Waals surface area contributed by atoms with Crippen molar-refractivity contribution in [2.45, 2.75) is 13.1 Å². The summed E-state index contributed by atoms with van der Waals surface area (Å²) in [7, 11) is 2.98. The zero-order valence-corrected chi connectivity index (χ0v) is 19.1. The molecule has 11 heteroatoms. The van der Waals surface area contributed by atoms with Crippen LogP contribution >= 0.6 is 11.6 Å². The number of hydrogen-bond donors (Lipinski definition) is 1.